The molecule has 3 N–H and O–H groups in total. The third kappa shape index (κ3) is 7.07. The molecule has 1 aliphatic rings. The van der Waals surface area contributed by atoms with E-state index in [1.54, 1.807) is 24.3 Å². The molecule has 0 spiro atoms. The minimum atomic E-state index is -4.70. The number of benzene rings is 1. The van der Waals surface area contributed by atoms with E-state index in [1.165, 1.54) is 19.9 Å². The van der Waals surface area contributed by atoms with Gasteiger partial charge in [0, 0.05) is 24.5 Å². The summed E-state index contributed by atoms with van der Waals surface area (Å²) in [4.78, 5) is 25.8. The van der Waals surface area contributed by atoms with Gasteiger partial charge in [0.25, 0.3) is 0 Å². The Labute approximate surface area is 197 Å². The lowest BCUT2D eigenvalue weighted by atomic mass is 9.87. The zero-order valence-electron chi connectivity index (χ0n) is 17.6. The minimum absolute atomic E-state index is 0.0529. The fourth-order valence-corrected chi connectivity index (χ4v) is 3.86. The molecule has 3 unspecified atom stereocenters. The van der Waals surface area contributed by atoms with Crippen LogP contribution >= 0.6 is 22.6 Å². The number of carbonyl (C=O) groups excluding carboxylic acids is 2. The first-order valence-electron chi connectivity index (χ1n) is 10.0. The van der Waals surface area contributed by atoms with E-state index < -0.39 is 48.7 Å². The highest BCUT2D eigenvalue weighted by atomic mass is 127. The molecule has 7 nitrogen and oxygen atoms in total. The molecular weight excluding hydrogens is 544 g/mol. The van der Waals surface area contributed by atoms with Gasteiger partial charge in [-0.15, -0.1) is 0 Å². The average molecular weight is 570 g/mol. The number of hydrogen-bond donors (Lipinski definition) is 3. The number of aliphatic hydroxyl groups excluding tert-OH is 2. The summed E-state index contributed by atoms with van der Waals surface area (Å²) in [5.41, 5.74) is 0.0634. The molecule has 178 valence electrons. The molecule has 1 aromatic rings. The Bertz CT molecular complexity index is 847. The van der Waals surface area contributed by atoms with Crippen molar-refractivity contribution in [2.24, 2.45) is 5.92 Å². The number of ether oxygens (including phenoxy) is 1. The van der Waals surface area contributed by atoms with E-state index in [9.17, 15) is 27.9 Å². The number of hydrogen-bond acceptors (Lipinski definition) is 5. The molecule has 1 aromatic carbocycles. The van der Waals surface area contributed by atoms with E-state index in [0.29, 0.717) is 14.2 Å². The molecule has 0 saturated heterocycles. The molecule has 3 atom stereocenters. The van der Waals surface area contributed by atoms with Crippen molar-refractivity contribution in [3.8, 4) is 5.75 Å². The van der Waals surface area contributed by atoms with Gasteiger partial charge in [0.15, 0.2) is 0 Å². The number of amides is 2. The van der Waals surface area contributed by atoms with Crippen molar-refractivity contribution in [1.29, 1.82) is 0 Å². The van der Waals surface area contributed by atoms with Crippen molar-refractivity contribution in [1.82, 2.24) is 10.2 Å². The Morgan fingerprint density at radius 1 is 1.31 bits per heavy atom. The van der Waals surface area contributed by atoms with E-state index in [2.05, 4.69) is 5.32 Å². The van der Waals surface area contributed by atoms with Crippen LogP contribution in [-0.4, -0.2) is 71.0 Å². The summed E-state index contributed by atoms with van der Waals surface area (Å²) in [6, 6.07) is 5.51. The van der Waals surface area contributed by atoms with Crippen LogP contribution in [0.4, 0.5) is 13.2 Å². The number of nitrogens with one attached hydrogen (secondary N) is 1. The number of rotatable bonds is 8. The molecule has 0 saturated carbocycles. The number of aliphatic hydroxyl groups is 2. The van der Waals surface area contributed by atoms with Crippen LogP contribution < -0.4 is 10.1 Å². The molecule has 32 heavy (non-hydrogen) atoms. The minimum Gasteiger partial charge on any atom is -0.482 e. The van der Waals surface area contributed by atoms with Crippen LogP contribution in [-0.2, 0) is 9.59 Å². The van der Waals surface area contributed by atoms with Crippen molar-refractivity contribution >= 4 is 34.4 Å². The molecule has 1 aliphatic carbocycles. The predicted octanol–water partition coefficient (Wildman–Crippen LogP) is 2.25. The summed E-state index contributed by atoms with van der Waals surface area (Å²) in [7, 11) is 0. The third-order valence-corrected chi connectivity index (χ3v) is 5.73. The van der Waals surface area contributed by atoms with Crippen molar-refractivity contribution in [2.75, 3.05) is 19.7 Å². The summed E-state index contributed by atoms with van der Waals surface area (Å²) in [6.07, 6.45) is -6.32. The Morgan fingerprint density at radius 3 is 2.53 bits per heavy atom. The van der Waals surface area contributed by atoms with Crippen molar-refractivity contribution in [2.45, 2.75) is 44.7 Å². The Balaban J connectivity index is 2.45. The molecule has 11 heteroatoms. The fraction of sp³-hybridized carbons (Fsp3) is 0.524. The first-order chi connectivity index (χ1) is 14.9. The molecule has 0 bridgehead atoms. The highest BCUT2D eigenvalue weighted by Gasteiger charge is 2.44. The molecule has 0 aromatic heterocycles. The first-order valence-corrected chi connectivity index (χ1v) is 11.1. The maximum atomic E-state index is 13.3. The SMILES string of the molecule is CC(C)C(=O)N(CC(F)(F)F)C1CC(C(=O)NCCO)=CC(Oc2ccccc2I)C1O. The van der Waals surface area contributed by atoms with Crippen LogP contribution in [0.25, 0.3) is 0 Å². The fourth-order valence-electron chi connectivity index (χ4n) is 3.35. The average Bonchev–Trinajstić information content (AvgIpc) is 2.72. The lowest BCUT2D eigenvalue weighted by Crippen LogP contribution is -2.57. The summed E-state index contributed by atoms with van der Waals surface area (Å²) in [5, 5.41) is 22.4. The normalized spacial score (nSPS) is 21.2. The van der Waals surface area contributed by atoms with Crippen molar-refractivity contribution in [3.63, 3.8) is 0 Å². The lowest BCUT2D eigenvalue weighted by Gasteiger charge is -2.41. The maximum absolute atomic E-state index is 13.3. The van der Waals surface area contributed by atoms with Gasteiger partial charge in [0.05, 0.1) is 16.2 Å². The van der Waals surface area contributed by atoms with Crippen LogP contribution in [0.3, 0.4) is 0 Å². The van der Waals surface area contributed by atoms with Gasteiger partial charge >= 0.3 is 6.18 Å². The molecule has 0 heterocycles. The van der Waals surface area contributed by atoms with E-state index in [4.69, 9.17) is 9.84 Å². The standard InChI is InChI=1S/C21H26F3IN2O5/c1-12(2)20(31)27(11-21(22,23)24)15-9-13(19(30)26-7-8-28)10-17(18(15)29)32-16-6-4-3-5-14(16)25/h3-6,10,12,15,17-18,28-29H,7-9,11H2,1-2H3,(H,26,30). The van der Waals surface area contributed by atoms with Crippen LogP contribution in [0.5, 0.6) is 5.75 Å². The van der Waals surface area contributed by atoms with Crippen LogP contribution in [0.15, 0.2) is 35.9 Å². The number of alkyl halides is 3. The van der Waals surface area contributed by atoms with Crippen LogP contribution in [0.2, 0.25) is 0 Å². The Kier molecular flexibility index (Phi) is 9.34. The Morgan fingerprint density at radius 2 is 1.97 bits per heavy atom. The van der Waals surface area contributed by atoms with Gasteiger partial charge in [-0.3, -0.25) is 9.59 Å². The lowest BCUT2D eigenvalue weighted by molar-refractivity contribution is -0.174. The molecular formula is C21H26F3IN2O5. The zero-order valence-corrected chi connectivity index (χ0v) is 19.8. The molecule has 0 radical (unpaired) electrons. The number of nitrogens with zero attached hydrogens (tertiary/aromatic N) is 1. The Hall–Kier alpha value is -1.86. The topological polar surface area (TPSA) is 99.1 Å². The van der Waals surface area contributed by atoms with E-state index >= 15 is 0 Å². The second-order valence-electron chi connectivity index (χ2n) is 7.68. The summed E-state index contributed by atoms with van der Waals surface area (Å²) >= 11 is 2.01. The van der Waals surface area contributed by atoms with E-state index in [0.717, 1.165) is 0 Å². The third-order valence-electron chi connectivity index (χ3n) is 4.84. The van der Waals surface area contributed by atoms with Crippen molar-refractivity contribution in [3.05, 3.63) is 39.5 Å². The summed E-state index contributed by atoms with van der Waals surface area (Å²) < 4.78 is 46.5. The number of para-hydroxylation sites is 1. The highest BCUT2D eigenvalue weighted by Crippen LogP contribution is 2.31. The monoisotopic (exact) mass is 570 g/mol. The largest absolute Gasteiger partial charge is 0.482 e. The predicted molar refractivity (Wildman–Crippen MR) is 119 cm³/mol. The maximum Gasteiger partial charge on any atom is 0.406 e. The number of halogens is 4. The molecule has 0 fully saturated rings. The number of carbonyl (C=O) groups is 2. The van der Waals surface area contributed by atoms with Crippen LogP contribution in [0, 0.1) is 9.49 Å². The molecule has 2 rings (SSSR count). The first kappa shape index (κ1) is 26.4. The second kappa shape index (κ2) is 11.3. The summed E-state index contributed by atoms with van der Waals surface area (Å²) in [5.74, 6) is -1.79. The van der Waals surface area contributed by atoms with Crippen LogP contribution in [0.1, 0.15) is 20.3 Å². The molecule has 0 aliphatic heterocycles. The van der Waals surface area contributed by atoms with E-state index in [-0.39, 0.29) is 25.1 Å². The highest BCUT2D eigenvalue weighted by molar-refractivity contribution is 14.1. The van der Waals surface area contributed by atoms with Crippen molar-refractivity contribution < 1.29 is 37.7 Å². The van der Waals surface area contributed by atoms with Gasteiger partial charge in [-0.05, 0) is 40.8 Å². The zero-order chi connectivity index (χ0) is 24.1. The van der Waals surface area contributed by atoms with Gasteiger partial charge in [-0.1, -0.05) is 26.0 Å². The van der Waals surface area contributed by atoms with E-state index in [1.807, 2.05) is 22.6 Å². The quantitative estimate of drug-likeness (QED) is 0.417. The summed E-state index contributed by atoms with van der Waals surface area (Å²) in [6.45, 7) is 0.993. The van der Waals surface area contributed by atoms with Gasteiger partial charge in [0.2, 0.25) is 11.8 Å². The van der Waals surface area contributed by atoms with Gasteiger partial charge in [-0.2, -0.15) is 13.2 Å². The van der Waals surface area contributed by atoms with Gasteiger partial charge in [-0.25, -0.2) is 0 Å². The molecule has 2 amide bonds. The van der Waals surface area contributed by atoms with Gasteiger partial charge in [0.1, 0.15) is 24.5 Å². The van der Waals surface area contributed by atoms with Gasteiger partial charge < -0.3 is 25.2 Å². The smallest absolute Gasteiger partial charge is 0.406 e. The second-order valence-corrected chi connectivity index (χ2v) is 8.84.